The van der Waals surface area contributed by atoms with Crippen molar-refractivity contribution in [2.24, 2.45) is 0 Å². The molecule has 0 unspecified atom stereocenters. The van der Waals surface area contributed by atoms with Crippen molar-refractivity contribution in [2.45, 2.75) is 13.0 Å². The minimum atomic E-state index is 0.526. The third kappa shape index (κ3) is 3.03. The summed E-state index contributed by atoms with van der Waals surface area (Å²) >= 11 is 7.23. The van der Waals surface area contributed by atoms with Crippen molar-refractivity contribution in [1.29, 1.82) is 0 Å². The number of hydrogen-bond acceptors (Lipinski definition) is 4. The largest absolute Gasteiger partial charge is 0.294 e. The van der Waals surface area contributed by atoms with E-state index in [-0.39, 0.29) is 0 Å². The maximum Gasteiger partial charge on any atom is 0.170 e. The predicted molar refractivity (Wildman–Crippen MR) is 79.2 cm³/mol. The average molecular weight is 292 g/mol. The smallest absolute Gasteiger partial charge is 0.170 e. The van der Waals surface area contributed by atoms with Crippen molar-refractivity contribution < 1.29 is 0 Å². The highest BCUT2D eigenvalue weighted by Gasteiger charge is 2.18. The summed E-state index contributed by atoms with van der Waals surface area (Å²) in [4.78, 5) is 2.42. The van der Waals surface area contributed by atoms with Gasteiger partial charge in [-0.3, -0.25) is 4.90 Å². The topological polar surface area (TPSA) is 29.0 Å². The van der Waals surface area contributed by atoms with Crippen LogP contribution in [0.25, 0.3) is 5.57 Å². The van der Waals surface area contributed by atoms with Gasteiger partial charge in [0.25, 0.3) is 0 Å². The second-order valence-corrected chi connectivity index (χ2v) is 5.50. The fourth-order valence-corrected chi connectivity index (χ4v) is 3.11. The summed E-state index contributed by atoms with van der Waals surface area (Å²) in [5, 5.41) is 0.526. The lowest BCUT2D eigenvalue weighted by molar-refractivity contribution is 0.296. The standard InChI is InChI=1S/C14H14ClN3S/c15-14-13(16-19-17-14)12-7-4-8-18(10-12)9-11-5-2-1-3-6-11/h1-3,5-7H,4,8-10H2. The van der Waals surface area contributed by atoms with Crippen LogP contribution in [0.5, 0.6) is 0 Å². The molecule has 3 nitrogen and oxygen atoms in total. The first-order valence-electron chi connectivity index (χ1n) is 6.26. The fraction of sp³-hybridized carbons (Fsp3) is 0.286. The zero-order valence-electron chi connectivity index (χ0n) is 10.4. The first-order chi connectivity index (χ1) is 9.33. The zero-order chi connectivity index (χ0) is 13.1. The molecule has 2 aromatic rings. The molecule has 0 spiro atoms. The summed E-state index contributed by atoms with van der Waals surface area (Å²) in [6.07, 6.45) is 3.26. The van der Waals surface area contributed by atoms with Crippen molar-refractivity contribution in [3.63, 3.8) is 0 Å². The summed E-state index contributed by atoms with van der Waals surface area (Å²) in [6, 6.07) is 10.5. The Kier molecular flexibility index (Phi) is 3.92. The van der Waals surface area contributed by atoms with Crippen LogP contribution in [0.2, 0.25) is 5.15 Å². The van der Waals surface area contributed by atoms with Gasteiger partial charge >= 0.3 is 0 Å². The molecular weight excluding hydrogens is 278 g/mol. The Bertz CT molecular complexity index is 579. The van der Waals surface area contributed by atoms with Crippen LogP contribution >= 0.6 is 23.3 Å². The third-order valence-corrected chi connectivity index (χ3v) is 4.12. The number of rotatable bonds is 3. The van der Waals surface area contributed by atoms with Crippen molar-refractivity contribution in [3.8, 4) is 0 Å². The molecule has 0 atom stereocenters. The minimum Gasteiger partial charge on any atom is -0.294 e. The van der Waals surface area contributed by atoms with Crippen LogP contribution in [-0.2, 0) is 6.54 Å². The monoisotopic (exact) mass is 291 g/mol. The summed E-state index contributed by atoms with van der Waals surface area (Å²) < 4.78 is 8.32. The Morgan fingerprint density at radius 1 is 1.21 bits per heavy atom. The molecule has 0 fully saturated rings. The quantitative estimate of drug-likeness (QED) is 0.867. The lowest BCUT2D eigenvalue weighted by Gasteiger charge is -2.26. The lowest BCUT2D eigenvalue weighted by Crippen LogP contribution is -2.29. The fourth-order valence-electron chi connectivity index (χ4n) is 2.32. The molecule has 0 bridgehead atoms. The van der Waals surface area contributed by atoms with E-state index in [1.54, 1.807) is 0 Å². The van der Waals surface area contributed by atoms with Crippen LogP contribution in [-0.4, -0.2) is 26.7 Å². The molecule has 0 radical (unpaired) electrons. The van der Waals surface area contributed by atoms with Crippen LogP contribution in [0.1, 0.15) is 17.7 Å². The Morgan fingerprint density at radius 2 is 2.05 bits per heavy atom. The maximum absolute atomic E-state index is 6.06. The predicted octanol–water partition coefficient (Wildman–Crippen LogP) is 3.48. The highest BCUT2D eigenvalue weighted by molar-refractivity contribution is 6.99. The Hall–Kier alpha value is -1.23. The normalized spacial score (nSPS) is 16.4. The summed E-state index contributed by atoms with van der Waals surface area (Å²) in [7, 11) is 0. The molecule has 1 aromatic carbocycles. The van der Waals surface area contributed by atoms with Crippen LogP contribution in [0, 0.1) is 0 Å². The molecule has 0 amide bonds. The Balaban J connectivity index is 1.71. The number of benzene rings is 1. The molecule has 0 aliphatic carbocycles. The highest BCUT2D eigenvalue weighted by atomic mass is 35.5. The van der Waals surface area contributed by atoms with Crippen LogP contribution < -0.4 is 0 Å². The SMILES string of the molecule is Clc1nsnc1C1=CCCN(Cc2ccccc2)C1. The Morgan fingerprint density at radius 3 is 2.79 bits per heavy atom. The molecule has 0 saturated heterocycles. The van der Waals surface area contributed by atoms with Gasteiger partial charge in [0.15, 0.2) is 5.15 Å². The van der Waals surface area contributed by atoms with E-state index >= 15 is 0 Å². The number of aromatic nitrogens is 2. The molecule has 0 N–H and O–H groups in total. The first kappa shape index (κ1) is 12.8. The van der Waals surface area contributed by atoms with Gasteiger partial charge in [-0.15, -0.1) is 0 Å². The first-order valence-corrected chi connectivity index (χ1v) is 7.37. The number of nitrogens with zero attached hydrogens (tertiary/aromatic N) is 3. The van der Waals surface area contributed by atoms with E-state index in [0.29, 0.717) is 5.15 Å². The molecule has 3 rings (SSSR count). The van der Waals surface area contributed by atoms with Crippen LogP contribution in [0.4, 0.5) is 0 Å². The van der Waals surface area contributed by atoms with Crippen LogP contribution in [0.3, 0.4) is 0 Å². The van der Waals surface area contributed by atoms with Gasteiger partial charge in [-0.2, -0.15) is 8.75 Å². The van der Waals surface area contributed by atoms with Gasteiger partial charge in [0, 0.05) is 19.6 Å². The molecule has 0 saturated carbocycles. The minimum absolute atomic E-state index is 0.526. The van der Waals surface area contributed by atoms with E-state index in [4.69, 9.17) is 11.6 Å². The van der Waals surface area contributed by atoms with Crippen molar-refractivity contribution in [2.75, 3.05) is 13.1 Å². The van der Waals surface area contributed by atoms with Gasteiger partial charge < -0.3 is 0 Å². The molecule has 1 aliphatic heterocycles. The summed E-state index contributed by atoms with van der Waals surface area (Å²) in [5.41, 5.74) is 3.39. The number of hydrogen-bond donors (Lipinski definition) is 0. The molecule has 1 aromatic heterocycles. The molecule has 2 heterocycles. The molecule has 19 heavy (non-hydrogen) atoms. The van der Waals surface area contributed by atoms with Crippen molar-refractivity contribution >= 4 is 28.9 Å². The van der Waals surface area contributed by atoms with E-state index in [2.05, 4.69) is 44.0 Å². The van der Waals surface area contributed by atoms with E-state index in [9.17, 15) is 0 Å². The molecule has 1 aliphatic rings. The maximum atomic E-state index is 6.06. The third-order valence-electron chi connectivity index (χ3n) is 3.23. The Labute approximate surface area is 121 Å². The van der Waals surface area contributed by atoms with Gasteiger partial charge in [-0.1, -0.05) is 48.0 Å². The number of halogens is 1. The van der Waals surface area contributed by atoms with E-state index < -0.39 is 0 Å². The highest BCUT2D eigenvalue weighted by Crippen LogP contribution is 2.26. The van der Waals surface area contributed by atoms with Gasteiger partial charge in [0.05, 0.1) is 11.7 Å². The van der Waals surface area contributed by atoms with E-state index in [1.807, 2.05) is 6.07 Å². The average Bonchev–Trinajstić information content (AvgIpc) is 2.86. The van der Waals surface area contributed by atoms with Gasteiger partial charge in [-0.05, 0) is 17.6 Å². The second kappa shape index (κ2) is 5.82. The van der Waals surface area contributed by atoms with Gasteiger partial charge in [0.2, 0.25) is 0 Å². The molecular formula is C14H14ClN3S. The van der Waals surface area contributed by atoms with Crippen molar-refractivity contribution in [1.82, 2.24) is 13.6 Å². The van der Waals surface area contributed by atoms with Gasteiger partial charge in [-0.25, -0.2) is 0 Å². The second-order valence-electron chi connectivity index (χ2n) is 4.62. The van der Waals surface area contributed by atoms with E-state index in [1.165, 1.54) is 22.9 Å². The zero-order valence-corrected chi connectivity index (χ0v) is 12.0. The molecule has 5 heteroatoms. The summed E-state index contributed by atoms with van der Waals surface area (Å²) in [6.45, 7) is 2.93. The lowest BCUT2D eigenvalue weighted by atomic mass is 10.1. The van der Waals surface area contributed by atoms with Gasteiger partial charge in [0.1, 0.15) is 5.69 Å². The molecule has 98 valence electrons. The van der Waals surface area contributed by atoms with Crippen LogP contribution in [0.15, 0.2) is 36.4 Å². The van der Waals surface area contributed by atoms with E-state index in [0.717, 1.165) is 31.7 Å². The summed E-state index contributed by atoms with van der Waals surface area (Å²) in [5.74, 6) is 0. The van der Waals surface area contributed by atoms with Crippen molar-refractivity contribution in [3.05, 3.63) is 52.8 Å².